The molecule has 0 unspecified atom stereocenters. The van der Waals surface area contributed by atoms with Crippen LogP contribution >= 0.6 is 66.1 Å². The molecule has 0 radical (unpaired) electrons. The van der Waals surface area contributed by atoms with E-state index in [0.29, 0.717) is 92.3 Å². The molecule has 23 heteroatoms. The number of ether oxygens (including phenoxy) is 5. The number of pyridine rings is 3. The number of hydrogen-bond donors (Lipinski definition) is 9. The van der Waals surface area contributed by atoms with E-state index in [2.05, 4.69) is 69.7 Å². The number of anilines is 3. The fourth-order valence-electron chi connectivity index (χ4n) is 7.16. The van der Waals surface area contributed by atoms with Crippen LogP contribution in [0.3, 0.4) is 0 Å². The molecule has 0 bridgehead atoms. The molecule has 0 spiro atoms. The largest absolute Gasteiger partial charge is 0.492 e. The SMILES string of the molecule is Nc1cc(Cl)c2ccc(Br)cc2n1.Nc1cc(OCC2(CO)COC2)c2ccc(-c3ccsc3)cc2n1.Nc1cc(OCC2(CO)COC2)c2ccc(Br)cc2n1.OB(O)c1ccsc1.OCC1(CO)COC1. The first kappa shape index (κ1) is 56.0. The van der Waals surface area contributed by atoms with Gasteiger partial charge in [0.1, 0.15) is 42.2 Å². The van der Waals surface area contributed by atoms with Gasteiger partial charge in [0.15, 0.2) is 0 Å². The molecule has 0 saturated carbocycles. The first-order valence-electron chi connectivity index (χ1n) is 22.5. The van der Waals surface area contributed by atoms with E-state index in [9.17, 15) is 10.2 Å². The maximum absolute atomic E-state index is 9.53. The Morgan fingerprint density at radius 1 is 0.548 bits per heavy atom. The zero-order chi connectivity index (χ0) is 52.2. The number of thiophene rings is 2. The van der Waals surface area contributed by atoms with Crippen LogP contribution in [0.1, 0.15) is 0 Å². The molecule has 3 aliphatic heterocycles. The maximum atomic E-state index is 9.53. The number of benzene rings is 3. The molecule has 3 saturated heterocycles. The molecule has 386 valence electrons. The minimum Gasteiger partial charge on any atom is -0.492 e. The van der Waals surface area contributed by atoms with Crippen LogP contribution < -0.4 is 32.1 Å². The number of aliphatic hydroxyl groups excluding tert-OH is 4. The van der Waals surface area contributed by atoms with E-state index in [1.165, 1.54) is 16.9 Å². The second kappa shape index (κ2) is 25.7. The highest BCUT2D eigenvalue weighted by Crippen LogP contribution is 2.36. The summed E-state index contributed by atoms with van der Waals surface area (Å²) in [6.45, 7) is 4.04. The molecular formula is C50H54BBr2ClN6O11S2. The van der Waals surface area contributed by atoms with Gasteiger partial charge in [-0.2, -0.15) is 22.7 Å². The molecule has 8 heterocycles. The zero-order valence-corrected chi connectivity index (χ0v) is 44.8. The summed E-state index contributed by atoms with van der Waals surface area (Å²) < 4.78 is 28.9. The number of rotatable bonds is 12. The summed E-state index contributed by atoms with van der Waals surface area (Å²) in [5.41, 5.74) is 21.6. The smallest absolute Gasteiger partial charge is 0.489 e. The van der Waals surface area contributed by atoms with Crippen molar-refractivity contribution in [1.29, 1.82) is 0 Å². The van der Waals surface area contributed by atoms with Crippen LogP contribution in [0.4, 0.5) is 17.5 Å². The molecule has 3 aromatic carbocycles. The van der Waals surface area contributed by atoms with Gasteiger partial charge in [-0.1, -0.05) is 61.7 Å². The molecule has 12 N–H and O–H groups in total. The van der Waals surface area contributed by atoms with Crippen LogP contribution in [0.15, 0.2) is 115 Å². The van der Waals surface area contributed by atoms with Gasteiger partial charge in [0.25, 0.3) is 0 Å². The number of nitrogens with two attached hydrogens (primary N) is 3. The number of halogens is 3. The summed E-state index contributed by atoms with van der Waals surface area (Å²) >= 11 is 15.9. The van der Waals surface area contributed by atoms with Crippen molar-refractivity contribution < 1.29 is 54.2 Å². The molecule has 3 fully saturated rings. The highest BCUT2D eigenvalue weighted by atomic mass is 79.9. The lowest BCUT2D eigenvalue weighted by Crippen LogP contribution is -2.49. The number of aliphatic hydroxyl groups is 4. The van der Waals surface area contributed by atoms with Gasteiger partial charge >= 0.3 is 7.12 Å². The second-order valence-electron chi connectivity index (χ2n) is 17.8. The van der Waals surface area contributed by atoms with Crippen LogP contribution in [0, 0.1) is 16.2 Å². The average molecular weight is 1190 g/mol. The van der Waals surface area contributed by atoms with Gasteiger partial charge in [0.2, 0.25) is 0 Å². The lowest BCUT2D eigenvalue weighted by atomic mass is 9.83. The number of fused-ring (bicyclic) bond motifs is 3. The highest BCUT2D eigenvalue weighted by Gasteiger charge is 2.40. The van der Waals surface area contributed by atoms with Gasteiger partial charge in [-0.3, -0.25) is 0 Å². The Kier molecular flexibility index (Phi) is 19.7. The third kappa shape index (κ3) is 14.6. The summed E-state index contributed by atoms with van der Waals surface area (Å²) in [7, 11) is -1.30. The molecule has 0 atom stereocenters. The van der Waals surface area contributed by atoms with Crippen molar-refractivity contribution in [1.82, 2.24) is 15.0 Å². The predicted molar refractivity (Wildman–Crippen MR) is 295 cm³/mol. The predicted octanol–water partition coefficient (Wildman–Crippen LogP) is 6.55. The lowest BCUT2D eigenvalue weighted by molar-refractivity contribution is -0.157. The Balaban J connectivity index is 0.000000143. The Hall–Kier alpha value is -4.76. The first-order valence-corrected chi connectivity index (χ1v) is 26.4. The fraction of sp³-hybridized carbons (Fsp3) is 0.300. The van der Waals surface area contributed by atoms with E-state index >= 15 is 0 Å². The minimum absolute atomic E-state index is 0.0312. The zero-order valence-electron chi connectivity index (χ0n) is 39.2. The quantitative estimate of drug-likeness (QED) is 0.0587. The van der Waals surface area contributed by atoms with Crippen LogP contribution in [0.2, 0.25) is 5.02 Å². The van der Waals surface area contributed by atoms with E-state index in [-0.39, 0.29) is 42.7 Å². The van der Waals surface area contributed by atoms with E-state index in [1.807, 2.05) is 48.5 Å². The lowest BCUT2D eigenvalue weighted by Gasteiger charge is -2.39. The third-order valence-corrected chi connectivity index (χ3v) is 14.5. The van der Waals surface area contributed by atoms with E-state index < -0.39 is 7.12 Å². The van der Waals surface area contributed by atoms with Crippen molar-refractivity contribution in [2.75, 3.05) is 96.5 Å². The van der Waals surface area contributed by atoms with E-state index in [0.717, 1.165) is 47.2 Å². The summed E-state index contributed by atoms with van der Waals surface area (Å²) in [6.07, 6.45) is 0. The standard InChI is InChI=1S/C18H18N2O3S.C14H15BrN2O3.C9H6BrClN2.C5H10O3.C4H5BO2S/c19-17-6-16(23-11-18(8-21)9-22-10-18)14-2-1-12(5-15(14)20-17)13-3-4-24-7-13;15-9-1-2-10-11(3-9)17-13(16)4-12(10)20-8-14(5-18)6-19-7-14;10-5-1-2-6-7(11)4-9(12)13-8(6)3-5;6-1-5(2-7)3-8-4-5;6-5(7)4-1-2-8-3-4/h1-7,21H,8-11H2,(H2,19,20);1-4,18H,5-8H2,(H2,16,17);1-4H,(H2,12,13);6-7H,1-4H2;1-3,6-7H. The van der Waals surface area contributed by atoms with Crippen LogP contribution in [-0.2, 0) is 14.2 Å². The molecule has 8 aromatic rings. The Morgan fingerprint density at radius 3 is 1.38 bits per heavy atom. The van der Waals surface area contributed by atoms with E-state index in [4.69, 9.17) is 72.7 Å². The van der Waals surface area contributed by atoms with Crippen molar-refractivity contribution in [2.45, 2.75) is 0 Å². The molecule has 0 aliphatic carbocycles. The average Bonchev–Trinajstić information content (AvgIpc) is 4.08. The second-order valence-corrected chi connectivity index (χ2v) is 21.6. The number of hydrogen-bond acceptors (Lipinski definition) is 19. The maximum Gasteiger partial charge on any atom is 0.489 e. The first-order chi connectivity index (χ1) is 35.1. The molecule has 5 aromatic heterocycles. The monoisotopic (exact) mass is 1180 g/mol. The van der Waals surface area contributed by atoms with Gasteiger partial charge in [0, 0.05) is 37.2 Å². The number of nitrogen functional groups attached to an aromatic ring is 3. The Labute approximate surface area is 450 Å². The molecule has 11 rings (SSSR count). The molecule has 17 nitrogen and oxygen atoms in total. The van der Waals surface area contributed by atoms with Gasteiger partial charge < -0.3 is 71.4 Å². The number of aromatic nitrogens is 3. The highest BCUT2D eigenvalue weighted by molar-refractivity contribution is 9.10. The normalized spacial score (nSPS) is 15.5. The molecule has 3 aliphatic rings. The van der Waals surface area contributed by atoms with Gasteiger partial charge in [-0.25, -0.2) is 15.0 Å². The molecular weight excluding hydrogens is 1130 g/mol. The molecule has 73 heavy (non-hydrogen) atoms. The van der Waals surface area contributed by atoms with E-state index in [1.54, 1.807) is 46.4 Å². The summed E-state index contributed by atoms with van der Waals surface area (Å²) in [6, 6.07) is 26.4. The van der Waals surface area contributed by atoms with Gasteiger partial charge in [-0.05, 0) is 92.7 Å². The van der Waals surface area contributed by atoms with Gasteiger partial charge in [-0.15, -0.1) is 0 Å². The summed E-state index contributed by atoms with van der Waals surface area (Å²) in [5, 5.41) is 64.1. The number of nitrogens with zero attached hydrogens (tertiary/aromatic N) is 3. The van der Waals surface area contributed by atoms with Crippen LogP contribution in [0.5, 0.6) is 11.5 Å². The minimum atomic E-state index is -1.30. The third-order valence-electron chi connectivity index (χ3n) is 11.8. The van der Waals surface area contributed by atoms with Crippen LogP contribution in [-0.4, -0.2) is 132 Å². The van der Waals surface area contributed by atoms with Gasteiger partial charge in [0.05, 0.1) is 104 Å². The van der Waals surface area contributed by atoms with Crippen molar-refractivity contribution in [3.63, 3.8) is 0 Å². The Morgan fingerprint density at radius 2 is 0.986 bits per heavy atom. The van der Waals surface area contributed by atoms with Crippen LogP contribution in [0.25, 0.3) is 43.8 Å². The van der Waals surface area contributed by atoms with Crippen molar-refractivity contribution in [2.24, 2.45) is 16.2 Å². The summed E-state index contributed by atoms with van der Waals surface area (Å²) in [4.78, 5) is 12.9. The topological polar surface area (TPSA) is 284 Å². The van der Waals surface area contributed by atoms with Crippen molar-refractivity contribution in [3.8, 4) is 22.6 Å². The Bertz CT molecular complexity index is 3030. The summed E-state index contributed by atoms with van der Waals surface area (Å²) in [5.74, 6) is 2.64. The van der Waals surface area contributed by atoms with Crippen molar-refractivity contribution >= 4 is 129 Å². The van der Waals surface area contributed by atoms with Crippen molar-refractivity contribution in [3.05, 3.63) is 120 Å². The molecule has 0 amide bonds. The fourth-order valence-corrected chi connectivity index (χ4v) is 9.47.